The average molecular weight is 654 g/mol. The summed E-state index contributed by atoms with van der Waals surface area (Å²) in [5.41, 5.74) is -2.16. The van der Waals surface area contributed by atoms with Crippen molar-refractivity contribution in [2.75, 3.05) is 40.9 Å². The van der Waals surface area contributed by atoms with E-state index in [1.54, 1.807) is 19.1 Å². The van der Waals surface area contributed by atoms with E-state index in [1.807, 2.05) is 0 Å². The molecule has 1 spiro atoms. The summed E-state index contributed by atoms with van der Waals surface area (Å²) in [4.78, 5) is 56.5. The number of fused-ring (bicyclic) bond motifs is 2. The van der Waals surface area contributed by atoms with Crippen molar-refractivity contribution in [3.63, 3.8) is 0 Å². The molecule has 13 nitrogen and oxygen atoms in total. The molecular formula is C32H32ClN3O10. The molecule has 0 unspecified atom stereocenters. The van der Waals surface area contributed by atoms with Crippen LogP contribution in [-0.4, -0.2) is 61.9 Å². The Morgan fingerprint density at radius 3 is 2.02 bits per heavy atom. The molecule has 3 aromatic rings. The first kappa shape index (κ1) is 31.1. The minimum atomic E-state index is -2.05. The lowest BCUT2D eigenvalue weighted by Crippen LogP contribution is -2.58. The number of methoxy groups -OCH3 is 5. The third-order valence-corrected chi connectivity index (χ3v) is 9.45. The fourth-order valence-corrected chi connectivity index (χ4v) is 7.05. The number of hydrogen-bond acceptors (Lipinski definition) is 11. The predicted molar refractivity (Wildman–Crippen MR) is 167 cm³/mol. The topological polar surface area (TPSA) is 146 Å². The molecule has 14 heteroatoms. The van der Waals surface area contributed by atoms with Crippen molar-refractivity contribution in [1.82, 2.24) is 9.13 Å². The summed E-state index contributed by atoms with van der Waals surface area (Å²) in [5.74, 6) is -1.74. The van der Waals surface area contributed by atoms with E-state index in [2.05, 4.69) is 5.32 Å². The molecule has 46 heavy (non-hydrogen) atoms. The number of ketones is 2. The number of allylic oxidation sites excluding steroid dienone is 1. The van der Waals surface area contributed by atoms with Crippen LogP contribution in [0.25, 0.3) is 0 Å². The molecule has 0 saturated heterocycles. The number of Topliss-reactive ketones (excluding diaryl/α,β-unsaturated/α-hetero) is 2. The van der Waals surface area contributed by atoms with Gasteiger partial charge >= 0.3 is 5.69 Å². The molecule has 0 bridgehead atoms. The second-order valence-corrected chi connectivity index (χ2v) is 11.7. The Labute approximate surface area is 268 Å². The van der Waals surface area contributed by atoms with Gasteiger partial charge in [0.2, 0.25) is 22.9 Å². The van der Waals surface area contributed by atoms with Gasteiger partial charge in [-0.05, 0) is 24.1 Å². The first-order valence-corrected chi connectivity index (χ1v) is 14.6. The molecule has 3 aliphatic rings. The van der Waals surface area contributed by atoms with E-state index in [1.165, 1.54) is 60.3 Å². The zero-order valence-electron chi connectivity index (χ0n) is 26.4. The van der Waals surface area contributed by atoms with Crippen molar-refractivity contribution in [2.45, 2.75) is 24.9 Å². The van der Waals surface area contributed by atoms with Crippen molar-refractivity contribution in [3.05, 3.63) is 72.0 Å². The maximum Gasteiger partial charge on any atom is 0.332 e. The Morgan fingerprint density at radius 1 is 0.848 bits per heavy atom. The first-order chi connectivity index (χ1) is 21.9. The number of carbonyl (C=O) groups is 2. The van der Waals surface area contributed by atoms with Gasteiger partial charge in [-0.1, -0.05) is 18.5 Å². The smallest absolute Gasteiger partial charge is 0.332 e. The molecule has 1 N–H and O–H groups in total. The van der Waals surface area contributed by atoms with E-state index < -0.39 is 40.3 Å². The van der Waals surface area contributed by atoms with Gasteiger partial charge in [0.05, 0.1) is 41.1 Å². The number of anilines is 1. The van der Waals surface area contributed by atoms with Gasteiger partial charge in [0.15, 0.2) is 17.2 Å². The van der Waals surface area contributed by atoms with E-state index in [9.17, 15) is 14.4 Å². The highest BCUT2D eigenvalue weighted by atomic mass is 35.5. The Kier molecular flexibility index (Phi) is 7.34. The summed E-state index contributed by atoms with van der Waals surface area (Å²) >= 11 is 6.63. The van der Waals surface area contributed by atoms with E-state index in [4.69, 9.17) is 40.0 Å². The van der Waals surface area contributed by atoms with Gasteiger partial charge in [-0.25, -0.2) is 4.79 Å². The number of carbonyl (C=O) groups excluding carboxylic acids is 2. The summed E-state index contributed by atoms with van der Waals surface area (Å²) in [7, 11) is 10.0. The third kappa shape index (κ3) is 3.93. The van der Waals surface area contributed by atoms with Crippen LogP contribution in [0.2, 0.25) is 5.02 Å². The number of nitrogens with one attached hydrogen (secondary N) is 1. The highest BCUT2D eigenvalue weighted by Gasteiger charge is 2.64. The van der Waals surface area contributed by atoms with Gasteiger partial charge in [-0.3, -0.25) is 23.5 Å². The molecule has 3 atom stereocenters. The molecule has 0 amide bonds. The van der Waals surface area contributed by atoms with E-state index in [0.717, 1.165) is 4.57 Å². The highest BCUT2D eigenvalue weighted by Crippen LogP contribution is 2.57. The average Bonchev–Trinajstić information content (AvgIpc) is 3.38. The number of halogens is 1. The fraction of sp³-hybridized carbons (Fsp3) is 0.375. The molecule has 3 heterocycles. The lowest BCUT2D eigenvalue weighted by atomic mass is 9.66. The van der Waals surface area contributed by atoms with Crippen LogP contribution in [0.5, 0.6) is 34.5 Å². The maximum absolute atomic E-state index is 15.1. The summed E-state index contributed by atoms with van der Waals surface area (Å²) in [6.45, 7) is 1.72. The lowest BCUT2D eigenvalue weighted by Gasteiger charge is -2.42. The molecule has 242 valence electrons. The van der Waals surface area contributed by atoms with Crippen molar-refractivity contribution in [1.29, 1.82) is 0 Å². The summed E-state index contributed by atoms with van der Waals surface area (Å²) < 4.78 is 36.3. The van der Waals surface area contributed by atoms with Gasteiger partial charge in [0, 0.05) is 43.3 Å². The number of ether oxygens (including phenoxy) is 6. The minimum absolute atomic E-state index is 0.0143. The van der Waals surface area contributed by atoms with E-state index >= 15 is 4.79 Å². The van der Waals surface area contributed by atoms with Gasteiger partial charge in [-0.15, -0.1) is 0 Å². The van der Waals surface area contributed by atoms with E-state index in [-0.39, 0.29) is 62.7 Å². The second-order valence-electron chi connectivity index (χ2n) is 11.3. The lowest BCUT2D eigenvalue weighted by molar-refractivity contribution is -0.130. The number of aromatic nitrogens is 2. The fourth-order valence-electron chi connectivity index (χ4n) is 6.79. The van der Waals surface area contributed by atoms with Crippen LogP contribution in [0, 0.1) is 5.92 Å². The Bertz CT molecular complexity index is 1990. The standard InChI is InChI=1S/C32H32ClN3O10/c1-13-9-15-21(27(37)32(13)28(38)22-16(41-4)12-17(42-5)24(33)26(22)46-32)20(14-10-18(43-6)25(45-8)19(11-14)44-7)23-29(34-15)35(2)31(40)36(3)30(23)39/h10-13,20,34H,9H2,1-8H3/t13-,20-,32+/m1/s1. The zero-order valence-corrected chi connectivity index (χ0v) is 27.2. The van der Waals surface area contributed by atoms with Crippen LogP contribution < -0.4 is 45.0 Å². The predicted octanol–water partition coefficient (Wildman–Crippen LogP) is 3.21. The number of nitrogens with zero attached hydrogens (tertiary/aromatic N) is 2. The molecule has 0 radical (unpaired) electrons. The summed E-state index contributed by atoms with van der Waals surface area (Å²) in [5, 5.41) is 3.21. The molecule has 6 rings (SSSR count). The minimum Gasteiger partial charge on any atom is -0.496 e. The van der Waals surface area contributed by atoms with Crippen molar-refractivity contribution in [2.24, 2.45) is 20.0 Å². The van der Waals surface area contributed by atoms with Crippen LogP contribution in [0.1, 0.15) is 40.7 Å². The Balaban J connectivity index is 1.65. The van der Waals surface area contributed by atoms with Gasteiger partial charge < -0.3 is 33.7 Å². The van der Waals surface area contributed by atoms with Crippen LogP contribution >= 0.6 is 11.6 Å². The van der Waals surface area contributed by atoms with Crippen LogP contribution in [0.15, 0.2) is 39.1 Å². The normalized spacial score (nSPS) is 21.2. The third-order valence-electron chi connectivity index (χ3n) is 9.10. The van der Waals surface area contributed by atoms with Gasteiger partial charge in [0.1, 0.15) is 27.9 Å². The summed E-state index contributed by atoms with van der Waals surface area (Å²) in [6, 6.07) is 4.72. The zero-order chi connectivity index (χ0) is 33.4. The van der Waals surface area contributed by atoms with E-state index in [0.29, 0.717) is 17.0 Å². The highest BCUT2D eigenvalue weighted by molar-refractivity contribution is 6.36. The quantitative estimate of drug-likeness (QED) is 0.392. The van der Waals surface area contributed by atoms with Crippen LogP contribution in [0.4, 0.5) is 5.82 Å². The van der Waals surface area contributed by atoms with Crippen molar-refractivity contribution in [3.8, 4) is 34.5 Å². The number of rotatable bonds is 6. The monoisotopic (exact) mass is 653 g/mol. The van der Waals surface area contributed by atoms with Gasteiger partial charge in [0.25, 0.3) is 5.56 Å². The number of hydrogen-bond donors (Lipinski definition) is 1. The maximum atomic E-state index is 15.1. The molecule has 1 aromatic heterocycles. The largest absolute Gasteiger partial charge is 0.496 e. The Hall–Kier alpha value is -4.91. The molecule has 1 aliphatic carbocycles. The molecule has 0 fully saturated rings. The first-order valence-electron chi connectivity index (χ1n) is 14.2. The SMILES string of the molecule is COc1cc(OC)c2c(c1Cl)O[C@@]1(C(=O)C3=C(C[C@H]1C)Nc1c(c(=O)n(C)c(=O)n1C)[C@@H]3c1cc(OC)c(OC)c(OC)c1)C2=O. The van der Waals surface area contributed by atoms with Crippen LogP contribution in [0.3, 0.4) is 0 Å². The molecule has 2 aromatic carbocycles. The molecule has 0 saturated carbocycles. The van der Waals surface area contributed by atoms with Gasteiger partial charge in [-0.2, -0.15) is 0 Å². The van der Waals surface area contributed by atoms with Crippen molar-refractivity contribution < 1.29 is 38.0 Å². The molecular weight excluding hydrogens is 622 g/mol. The number of benzene rings is 2. The Morgan fingerprint density at radius 2 is 1.46 bits per heavy atom. The summed E-state index contributed by atoms with van der Waals surface area (Å²) in [6.07, 6.45) is 0.141. The van der Waals surface area contributed by atoms with Crippen molar-refractivity contribution >= 4 is 29.0 Å². The molecule has 2 aliphatic heterocycles. The second kappa shape index (κ2) is 10.9. The van der Waals surface area contributed by atoms with Crippen LogP contribution in [-0.2, 0) is 18.9 Å².